The quantitative estimate of drug-likeness (QED) is 0.359. The number of carbonyl (C=O) groups is 2. The molecule has 0 spiro atoms. The molecule has 2 aromatic heterocycles. The van der Waals surface area contributed by atoms with E-state index in [2.05, 4.69) is 20.7 Å². The lowest BCUT2D eigenvalue weighted by Crippen LogP contribution is -2.37. The molecular formula is C22H24FN5O4. The highest BCUT2D eigenvalue weighted by molar-refractivity contribution is 6.09. The number of hydrogen-bond acceptors (Lipinski definition) is 7. The molecule has 2 heterocycles. The number of fused-ring (bicyclic) bond motifs is 1. The van der Waals surface area contributed by atoms with E-state index in [1.807, 2.05) is 0 Å². The van der Waals surface area contributed by atoms with E-state index in [4.69, 9.17) is 4.74 Å². The predicted octanol–water partition coefficient (Wildman–Crippen LogP) is 1.65. The Morgan fingerprint density at radius 3 is 2.50 bits per heavy atom. The fraction of sp³-hybridized carbons (Fsp3) is 0.273. The fourth-order valence-corrected chi connectivity index (χ4v) is 3.09. The Kier molecular flexibility index (Phi) is 7.29. The summed E-state index contributed by atoms with van der Waals surface area (Å²) in [6.45, 7) is 0.483. The van der Waals surface area contributed by atoms with Crippen LogP contribution in [0.4, 0.5) is 4.39 Å². The number of ether oxygens (including phenoxy) is 1. The third kappa shape index (κ3) is 5.34. The van der Waals surface area contributed by atoms with E-state index < -0.39 is 17.6 Å². The summed E-state index contributed by atoms with van der Waals surface area (Å²) in [4.78, 5) is 33.8. The van der Waals surface area contributed by atoms with Crippen LogP contribution < -0.4 is 10.7 Å². The van der Waals surface area contributed by atoms with E-state index in [1.54, 1.807) is 32.3 Å². The van der Waals surface area contributed by atoms with Gasteiger partial charge in [-0.3, -0.25) is 20.0 Å². The maximum absolute atomic E-state index is 13.2. The van der Waals surface area contributed by atoms with Crippen molar-refractivity contribution in [3.63, 3.8) is 0 Å². The van der Waals surface area contributed by atoms with Crippen LogP contribution in [0.15, 0.2) is 36.5 Å². The lowest BCUT2D eigenvalue weighted by atomic mass is 10.0. The zero-order valence-corrected chi connectivity index (χ0v) is 18.0. The highest BCUT2D eigenvalue weighted by Crippen LogP contribution is 2.29. The minimum Gasteiger partial charge on any atom is -0.504 e. The second kappa shape index (κ2) is 10.1. The van der Waals surface area contributed by atoms with Gasteiger partial charge in [-0.15, -0.1) is 0 Å². The van der Waals surface area contributed by atoms with Gasteiger partial charge < -0.3 is 15.2 Å². The van der Waals surface area contributed by atoms with E-state index in [0.29, 0.717) is 6.42 Å². The molecule has 2 amide bonds. The van der Waals surface area contributed by atoms with Crippen molar-refractivity contribution in [1.82, 2.24) is 25.7 Å². The normalized spacial score (nSPS) is 11.0. The van der Waals surface area contributed by atoms with Crippen molar-refractivity contribution in [2.24, 2.45) is 0 Å². The molecule has 0 radical (unpaired) electrons. The molecule has 0 atom stereocenters. The first-order valence-corrected chi connectivity index (χ1v) is 9.81. The van der Waals surface area contributed by atoms with Crippen LogP contribution in [0.25, 0.3) is 10.9 Å². The van der Waals surface area contributed by atoms with Gasteiger partial charge in [0.1, 0.15) is 17.0 Å². The average Bonchev–Trinajstić information content (AvgIpc) is 2.75. The number of nitrogens with zero attached hydrogens (tertiary/aromatic N) is 3. The Morgan fingerprint density at radius 2 is 1.84 bits per heavy atom. The lowest BCUT2D eigenvalue weighted by Gasteiger charge is -2.15. The zero-order valence-electron chi connectivity index (χ0n) is 18.0. The van der Waals surface area contributed by atoms with E-state index in [-0.39, 0.29) is 41.3 Å². The Morgan fingerprint density at radius 1 is 1.12 bits per heavy atom. The van der Waals surface area contributed by atoms with E-state index in [9.17, 15) is 19.1 Å². The molecule has 9 nitrogen and oxygen atoms in total. The summed E-state index contributed by atoms with van der Waals surface area (Å²) in [6, 6.07) is 7.71. The standard InChI is InChI=1S/C22H24FN5O4/c1-28(2)27-22(31)18-16-11-14(10-13-4-6-15(23)7-5-13)12-25-17(16)20(29)19(26-18)21(30)24-8-9-32-3/h4-7,11-12,29H,8-10H2,1-3H3,(H,24,30)(H,27,31). The van der Waals surface area contributed by atoms with Crippen molar-refractivity contribution in [2.45, 2.75) is 6.42 Å². The number of rotatable bonds is 8. The number of carbonyl (C=O) groups excluding carboxylic acids is 2. The van der Waals surface area contributed by atoms with Gasteiger partial charge in [0.2, 0.25) is 0 Å². The molecule has 0 bridgehead atoms. The second-order valence-electron chi connectivity index (χ2n) is 7.28. The molecule has 10 heteroatoms. The average molecular weight is 441 g/mol. The molecule has 0 fully saturated rings. The van der Waals surface area contributed by atoms with Crippen LogP contribution in [0.5, 0.6) is 5.75 Å². The minimum atomic E-state index is -0.655. The fourth-order valence-electron chi connectivity index (χ4n) is 3.09. The van der Waals surface area contributed by atoms with Crippen molar-refractivity contribution < 1.29 is 23.8 Å². The highest BCUT2D eigenvalue weighted by Gasteiger charge is 2.24. The molecule has 168 valence electrons. The summed E-state index contributed by atoms with van der Waals surface area (Å²) in [5.41, 5.74) is 3.87. The Bertz CT molecular complexity index is 1140. The monoisotopic (exact) mass is 441 g/mol. The predicted molar refractivity (Wildman–Crippen MR) is 116 cm³/mol. The minimum absolute atomic E-state index is 0.0585. The summed E-state index contributed by atoms with van der Waals surface area (Å²) in [6.07, 6.45) is 1.96. The summed E-state index contributed by atoms with van der Waals surface area (Å²) in [5.74, 6) is -1.98. The van der Waals surface area contributed by atoms with Crippen LogP contribution in [0.1, 0.15) is 32.1 Å². The van der Waals surface area contributed by atoms with Gasteiger partial charge in [-0.05, 0) is 35.7 Å². The molecule has 0 aliphatic rings. The van der Waals surface area contributed by atoms with Crippen LogP contribution in [-0.2, 0) is 11.2 Å². The molecular weight excluding hydrogens is 417 g/mol. The van der Waals surface area contributed by atoms with Gasteiger partial charge in [0, 0.05) is 39.3 Å². The first-order valence-electron chi connectivity index (χ1n) is 9.81. The highest BCUT2D eigenvalue weighted by atomic mass is 19.1. The summed E-state index contributed by atoms with van der Waals surface area (Å²) < 4.78 is 18.1. The van der Waals surface area contributed by atoms with E-state index in [1.165, 1.54) is 30.4 Å². The summed E-state index contributed by atoms with van der Waals surface area (Å²) in [5, 5.41) is 15.0. The number of hydrogen-bond donors (Lipinski definition) is 3. The maximum atomic E-state index is 13.2. The SMILES string of the molecule is COCCNC(=O)c1nc(C(=O)NN(C)C)c2cc(Cc3ccc(F)cc3)cnc2c1O. The van der Waals surface area contributed by atoms with Crippen LogP contribution in [0.2, 0.25) is 0 Å². The molecule has 32 heavy (non-hydrogen) atoms. The third-order valence-electron chi connectivity index (χ3n) is 4.54. The van der Waals surface area contributed by atoms with Gasteiger partial charge in [-0.2, -0.15) is 0 Å². The molecule has 0 aliphatic carbocycles. The summed E-state index contributed by atoms with van der Waals surface area (Å²) >= 11 is 0. The molecule has 0 aliphatic heterocycles. The second-order valence-corrected chi connectivity index (χ2v) is 7.28. The molecule has 0 saturated heterocycles. The Hall–Kier alpha value is -3.63. The van der Waals surface area contributed by atoms with Crippen LogP contribution >= 0.6 is 0 Å². The van der Waals surface area contributed by atoms with Crippen LogP contribution in [0, 0.1) is 5.82 Å². The molecule has 1 aromatic carbocycles. The van der Waals surface area contributed by atoms with Crippen molar-refractivity contribution in [3.05, 3.63) is 64.9 Å². The number of pyridine rings is 2. The molecule has 0 saturated carbocycles. The zero-order chi connectivity index (χ0) is 23.3. The van der Waals surface area contributed by atoms with Gasteiger partial charge in [0.05, 0.1) is 6.61 Å². The van der Waals surface area contributed by atoms with Gasteiger partial charge >= 0.3 is 0 Å². The van der Waals surface area contributed by atoms with Crippen molar-refractivity contribution in [3.8, 4) is 5.75 Å². The molecule has 3 N–H and O–H groups in total. The van der Waals surface area contributed by atoms with Crippen LogP contribution in [0.3, 0.4) is 0 Å². The number of nitrogens with one attached hydrogen (secondary N) is 2. The largest absolute Gasteiger partial charge is 0.504 e. The van der Waals surface area contributed by atoms with Crippen molar-refractivity contribution in [2.75, 3.05) is 34.4 Å². The number of methoxy groups -OCH3 is 1. The Balaban J connectivity index is 2.07. The molecule has 3 aromatic rings. The van der Waals surface area contributed by atoms with Gasteiger partial charge in [-0.1, -0.05) is 12.1 Å². The number of hydrazine groups is 1. The topological polar surface area (TPSA) is 117 Å². The number of benzene rings is 1. The maximum Gasteiger partial charge on any atom is 0.284 e. The smallest absolute Gasteiger partial charge is 0.284 e. The van der Waals surface area contributed by atoms with Gasteiger partial charge in [0.25, 0.3) is 11.8 Å². The van der Waals surface area contributed by atoms with Crippen LogP contribution in [-0.4, -0.2) is 66.3 Å². The third-order valence-corrected chi connectivity index (χ3v) is 4.54. The van der Waals surface area contributed by atoms with Crippen molar-refractivity contribution >= 4 is 22.7 Å². The number of halogens is 1. The summed E-state index contributed by atoms with van der Waals surface area (Å²) in [7, 11) is 4.77. The lowest BCUT2D eigenvalue weighted by molar-refractivity contribution is 0.0853. The first-order chi connectivity index (χ1) is 15.3. The molecule has 0 unspecified atom stereocenters. The number of aromatic nitrogens is 2. The van der Waals surface area contributed by atoms with Crippen molar-refractivity contribution in [1.29, 1.82) is 0 Å². The van der Waals surface area contributed by atoms with Gasteiger partial charge in [0.15, 0.2) is 11.4 Å². The Labute approximate surface area is 184 Å². The first kappa shape index (κ1) is 23.0. The number of aromatic hydroxyl groups is 1. The molecule has 3 rings (SSSR count). The number of amides is 2. The van der Waals surface area contributed by atoms with E-state index >= 15 is 0 Å². The van der Waals surface area contributed by atoms with E-state index in [0.717, 1.165) is 11.1 Å². The van der Waals surface area contributed by atoms with Gasteiger partial charge in [-0.25, -0.2) is 14.4 Å².